The third-order valence-corrected chi connectivity index (χ3v) is 5.83. The van der Waals surface area contributed by atoms with Crippen molar-refractivity contribution in [1.29, 1.82) is 0 Å². The minimum atomic E-state index is -0.373. The van der Waals surface area contributed by atoms with E-state index in [0.717, 1.165) is 37.3 Å². The Bertz CT molecular complexity index is 1020. The van der Waals surface area contributed by atoms with Crippen LogP contribution in [0.25, 0.3) is 0 Å². The molecule has 0 spiro atoms. The molecule has 1 aromatic heterocycles. The first kappa shape index (κ1) is 22.1. The number of aromatic nitrogens is 1. The van der Waals surface area contributed by atoms with Crippen LogP contribution in [0.5, 0.6) is 0 Å². The molecule has 3 aromatic rings. The molecule has 0 aliphatic carbocycles. The summed E-state index contributed by atoms with van der Waals surface area (Å²) < 4.78 is 18.7. The number of hydrogen-bond acceptors (Lipinski definition) is 5. The molecule has 0 bridgehead atoms. The summed E-state index contributed by atoms with van der Waals surface area (Å²) in [4.78, 5) is 21.3. The van der Waals surface area contributed by atoms with Crippen LogP contribution in [0.3, 0.4) is 0 Å². The zero-order chi connectivity index (χ0) is 22.3. The fraction of sp³-hybridized carbons (Fsp3) is 0.308. The van der Waals surface area contributed by atoms with E-state index >= 15 is 0 Å². The maximum absolute atomic E-state index is 13.5. The summed E-state index contributed by atoms with van der Waals surface area (Å²) in [5.41, 5.74) is 3.56. The molecule has 4 rings (SSSR count). The molecular formula is C26H28FN3O2. The molecular weight excluding hydrogens is 405 g/mol. The lowest BCUT2D eigenvalue weighted by Gasteiger charge is -2.40. The SMILES string of the molecule is CCOC(=O)c1ncccc1CN1CCN(C(c2ccccc2)c2ccc(F)cc2)CC1. The number of halogens is 1. The Morgan fingerprint density at radius 3 is 2.34 bits per heavy atom. The number of hydrogen-bond donors (Lipinski definition) is 0. The third-order valence-electron chi connectivity index (χ3n) is 5.83. The number of benzene rings is 2. The van der Waals surface area contributed by atoms with E-state index in [-0.39, 0.29) is 17.8 Å². The molecule has 0 saturated carbocycles. The van der Waals surface area contributed by atoms with Gasteiger partial charge >= 0.3 is 5.97 Å². The summed E-state index contributed by atoms with van der Waals surface area (Å²) in [7, 11) is 0. The van der Waals surface area contributed by atoms with Gasteiger partial charge in [-0.2, -0.15) is 0 Å². The maximum Gasteiger partial charge on any atom is 0.357 e. The quantitative estimate of drug-likeness (QED) is 0.520. The van der Waals surface area contributed by atoms with Gasteiger partial charge in [0.05, 0.1) is 12.6 Å². The van der Waals surface area contributed by atoms with Gasteiger partial charge < -0.3 is 4.74 Å². The Balaban J connectivity index is 1.47. The van der Waals surface area contributed by atoms with Crippen LogP contribution >= 0.6 is 0 Å². The van der Waals surface area contributed by atoms with Crippen molar-refractivity contribution in [2.45, 2.75) is 19.5 Å². The lowest BCUT2D eigenvalue weighted by molar-refractivity contribution is 0.0514. The first-order valence-electron chi connectivity index (χ1n) is 11.0. The molecule has 2 aromatic carbocycles. The van der Waals surface area contributed by atoms with Crippen LogP contribution in [0.2, 0.25) is 0 Å². The topological polar surface area (TPSA) is 45.7 Å². The van der Waals surface area contributed by atoms with E-state index in [9.17, 15) is 9.18 Å². The standard InChI is InChI=1S/C26H28FN3O2/c1-2-32-26(31)24-22(9-6-14-28-24)19-29-15-17-30(18-16-29)25(20-7-4-3-5-8-20)21-10-12-23(27)13-11-21/h3-14,25H,2,15-19H2,1H3. The van der Waals surface area contributed by atoms with Gasteiger partial charge in [-0.05, 0) is 41.8 Å². The number of ether oxygens (including phenoxy) is 1. The number of carbonyl (C=O) groups excluding carboxylic acids is 1. The van der Waals surface area contributed by atoms with Gasteiger partial charge in [0, 0.05) is 38.9 Å². The molecule has 0 radical (unpaired) electrons. The number of nitrogens with zero attached hydrogens (tertiary/aromatic N) is 3. The minimum Gasteiger partial charge on any atom is -0.461 e. The minimum absolute atomic E-state index is 0.0763. The predicted octanol–water partition coefficient (Wildman–Crippen LogP) is 4.30. The van der Waals surface area contributed by atoms with Crippen LogP contribution < -0.4 is 0 Å². The number of carbonyl (C=O) groups is 1. The van der Waals surface area contributed by atoms with E-state index in [1.165, 1.54) is 17.7 Å². The largest absolute Gasteiger partial charge is 0.461 e. The molecule has 5 nitrogen and oxygen atoms in total. The molecule has 32 heavy (non-hydrogen) atoms. The monoisotopic (exact) mass is 433 g/mol. The van der Waals surface area contributed by atoms with Crippen molar-refractivity contribution in [2.75, 3.05) is 32.8 Å². The summed E-state index contributed by atoms with van der Waals surface area (Å²) in [5.74, 6) is -0.596. The van der Waals surface area contributed by atoms with Gasteiger partial charge in [-0.1, -0.05) is 48.5 Å². The highest BCUT2D eigenvalue weighted by Gasteiger charge is 2.27. The summed E-state index contributed by atoms with van der Waals surface area (Å²) >= 11 is 0. The number of esters is 1. The average Bonchev–Trinajstić information content (AvgIpc) is 2.83. The Morgan fingerprint density at radius 1 is 0.969 bits per heavy atom. The Kier molecular flexibility index (Phi) is 7.24. The van der Waals surface area contributed by atoms with Gasteiger partial charge in [0.15, 0.2) is 5.69 Å². The van der Waals surface area contributed by atoms with Gasteiger partial charge in [0.1, 0.15) is 5.82 Å². The summed E-state index contributed by atoms with van der Waals surface area (Å²) in [6.07, 6.45) is 1.63. The van der Waals surface area contributed by atoms with Crippen LogP contribution in [0.1, 0.15) is 40.1 Å². The molecule has 6 heteroatoms. The maximum atomic E-state index is 13.5. The van der Waals surface area contributed by atoms with Crippen LogP contribution in [0.4, 0.5) is 4.39 Å². The molecule has 1 atom stereocenters. The molecule has 1 fully saturated rings. The molecule has 1 aliphatic heterocycles. The van der Waals surface area contributed by atoms with E-state index in [2.05, 4.69) is 26.9 Å². The van der Waals surface area contributed by atoms with Gasteiger partial charge in [0.2, 0.25) is 0 Å². The van der Waals surface area contributed by atoms with Crippen molar-refractivity contribution in [2.24, 2.45) is 0 Å². The Morgan fingerprint density at radius 2 is 1.66 bits per heavy atom. The lowest BCUT2D eigenvalue weighted by Crippen LogP contribution is -2.47. The van der Waals surface area contributed by atoms with Gasteiger partial charge in [-0.25, -0.2) is 14.2 Å². The highest BCUT2D eigenvalue weighted by atomic mass is 19.1. The van der Waals surface area contributed by atoms with E-state index < -0.39 is 0 Å². The summed E-state index contributed by atoms with van der Waals surface area (Å²) in [5, 5.41) is 0. The second kappa shape index (κ2) is 10.5. The zero-order valence-corrected chi connectivity index (χ0v) is 18.3. The summed E-state index contributed by atoms with van der Waals surface area (Å²) in [6.45, 7) is 6.24. The number of piperazine rings is 1. The Labute approximate surface area is 188 Å². The van der Waals surface area contributed by atoms with Crippen molar-refractivity contribution in [1.82, 2.24) is 14.8 Å². The molecule has 0 N–H and O–H groups in total. The van der Waals surface area contributed by atoms with Crippen molar-refractivity contribution in [3.05, 3.63) is 101 Å². The number of pyridine rings is 1. The molecule has 0 amide bonds. The highest BCUT2D eigenvalue weighted by Crippen LogP contribution is 2.30. The molecule has 1 unspecified atom stereocenters. The third kappa shape index (κ3) is 5.21. The van der Waals surface area contributed by atoms with Crippen LogP contribution in [-0.4, -0.2) is 53.5 Å². The van der Waals surface area contributed by atoms with E-state index in [1.54, 1.807) is 13.1 Å². The predicted molar refractivity (Wildman–Crippen MR) is 122 cm³/mol. The van der Waals surface area contributed by atoms with Gasteiger partial charge in [0.25, 0.3) is 0 Å². The second-order valence-electron chi connectivity index (χ2n) is 7.91. The smallest absolute Gasteiger partial charge is 0.357 e. The average molecular weight is 434 g/mol. The Hall–Kier alpha value is -3.09. The first-order valence-corrected chi connectivity index (χ1v) is 11.0. The molecule has 1 aliphatic rings. The first-order chi connectivity index (χ1) is 15.7. The van der Waals surface area contributed by atoms with Gasteiger partial charge in [-0.3, -0.25) is 9.80 Å². The van der Waals surface area contributed by atoms with Gasteiger partial charge in [-0.15, -0.1) is 0 Å². The highest BCUT2D eigenvalue weighted by molar-refractivity contribution is 5.88. The van der Waals surface area contributed by atoms with Crippen LogP contribution in [0, 0.1) is 5.82 Å². The lowest BCUT2D eigenvalue weighted by atomic mass is 9.96. The molecule has 2 heterocycles. The number of rotatable bonds is 7. The van der Waals surface area contributed by atoms with E-state index in [4.69, 9.17) is 4.74 Å². The second-order valence-corrected chi connectivity index (χ2v) is 7.91. The fourth-order valence-corrected chi connectivity index (χ4v) is 4.26. The van der Waals surface area contributed by atoms with Crippen molar-refractivity contribution in [3.8, 4) is 0 Å². The van der Waals surface area contributed by atoms with Crippen LogP contribution in [0.15, 0.2) is 72.9 Å². The molecule has 166 valence electrons. The van der Waals surface area contributed by atoms with Crippen molar-refractivity contribution in [3.63, 3.8) is 0 Å². The van der Waals surface area contributed by atoms with Crippen LogP contribution in [-0.2, 0) is 11.3 Å². The van der Waals surface area contributed by atoms with E-state index in [1.807, 2.05) is 42.5 Å². The normalized spacial score (nSPS) is 15.9. The van der Waals surface area contributed by atoms with E-state index in [0.29, 0.717) is 18.8 Å². The zero-order valence-electron chi connectivity index (χ0n) is 18.3. The fourth-order valence-electron chi connectivity index (χ4n) is 4.26. The van der Waals surface area contributed by atoms with Crippen molar-refractivity contribution >= 4 is 5.97 Å². The van der Waals surface area contributed by atoms with Crippen molar-refractivity contribution < 1.29 is 13.9 Å². The molecule has 1 saturated heterocycles. The summed E-state index contributed by atoms with van der Waals surface area (Å²) in [6, 6.07) is 21.0.